The van der Waals surface area contributed by atoms with Crippen LogP contribution in [0, 0.1) is 0 Å². The Morgan fingerprint density at radius 3 is 2.46 bits per heavy atom. The highest BCUT2D eigenvalue weighted by Gasteiger charge is 2.18. The summed E-state index contributed by atoms with van der Waals surface area (Å²) in [6.45, 7) is 0.558. The fraction of sp³-hybridized carbons (Fsp3) is 0.800. The highest BCUT2D eigenvalue weighted by atomic mass is 32.2. The van der Waals surface area contributed by atoms with Crippen LogP contribution in [0.15, 0.2) is 0 Å². The first kappa shape index (κ1) is 23.1. The van der Waals surface area contributed by atoms with E-state index in [0.717, 1.165) is 19.3 Å². The number of hydrogen-bond acceptors (Lipinski definition) is 6. The summed E-state index contributed by atoms with van der Waals surface area (Å²) in [6, 6.07) is -1.39. The van der Waals surface area contributed by atoms with Crippen LogP contribution < -0.4 is 16.4 Å². The number of carbonyl (C=O) groups excluding carboxylic acids is 2. The van der Waals surface area contributed by atoms with Gasteiger partial charge in [-0.05, 0) is 31.3 Å². The van der Waals surface area contributed by atoms with Gasteiger partial charge >= 0.3 is 5.97 Å². The molecule has 140 valence electrons. The first-order valence-electron chi connectivity index (χ1n) is 8.07. The molecular formula is C15H29N3O4S2. The van der Waals surface area contributed by atoms with E-state index in [-0.39, 0.29) is 11.8 Å². The third-order valence-electron chi connectivity index (χ3n) is 3.41. The largest absolute Gasteiger partial charge is 0.480 e. The zero-order valence-corrected chi connectivity index (χ0v) is 15.8. The van der Waals surface area contributed by atoms with Gasteiger partial charge in [-0.3, -0.25) is 9.59 Å². The van der Waals surface area contributed by atoms with Crippen LogP contribution in [0.5, 0.6) is 0 Å². The Bertz CT molecular complexity index is 397. The monoisotopic (exact) mass is 379 g/mol. The maximum absolute atomic E-state index is 11.7. The molecule has 0 bridgehead atoms. The summed E-state index contributed by atoms with van der Waals surface area (Å²) in [5.74, 6) is -0.409. The number of nitrogens with one attached hydrogen (secondary N) is 2. The van der Waals surface area contributed by atoms with Crippen molar-refractivity contribution >= 4 is 42.2 Å². The van der Waals surface area contributed by atoms with E-state index in [1.54, 1.807) is 11.8 Å². The minimum absolute atomic E-state index is 0.200. The lowest BCUT2D eigenvalue weighted by Gasteiger charge is -2.13. The normalized spacial score (nSPS) is 13.1. The van der Waals surface area contributed by atoms with Crippen LogP contribution in [0.3, 0.4) is 0 Å². The summed E-state index contributed by atoms with van der Waals surface area (Å²) in [5.41, 5.74) is 5.53. The summed E-state index contributed by atoms with van der Waals surface area (Å²) in [6.07, 6.45) is 5.90. The summed E-state index contributed by atoms with van der Waals surface area (Å²) in [4.78, 5) is 34.2. The van der Waals surface area contributed by atoms with Crippen molar-refractivity contribution in [3.05, 3.63) is 0 Å². The first-order chi connectivity index (χ1) is 11.4. The number of thioether (sulfide) groups is 1. The van der Waals surface area contributed by atoms with Crippen molar-refractivity contribution in [1.29, 1.82) is 0 Å². The van der Waals surface area contributed by atoms with Crippen molar-refractivity contribution in [1.82, 2.24) is 10.6 Å². The number of thiol groups is 1. The highest BCUT2D eigenvalue weighted by molar-refractivity contribution is 7.98. The zero-order valence-electron chi connectivity index (χ0n) is 14.1. The molecule has 2 unspecified atom stereocenters. The Balaban J connectivity index is 3.71. The van der Waals surface area contributed by atoms with Crippen LogP contribution in [0.25, 0.3) is 0 Å². The van der Waals surface area contributed by atoms with Crippen LogP contribution in [-0.4, -0.2) is 59.3 Å². The fourth-order valence-corrected chi connectivity index (χ4v) is 2.59. The van der Waals surface area contributed by atoms with Crippen molar-refractivity contribution in [3.63, 3.8) is 0 Å². The van der Waals surface area contributed by atoms with Gasteiger partial charge in [-0.2, -0.15) is 24.4 Å². The summed E-state index contributed by atoms with van der Waals surface area (Å²) in [5, 5.41) is 14.3. The molecular weight excluding hydrogens is 350 g/mol. The summed E-state index contributed by atoms with van der Waals surface area (Å²) in [7, 11) is 0. The molecule has 2 amide bonds. The minimum Gasteiger partial charge on any atom is -0.480 e. The Morgan fingerprint density at radius 1 is 1.21 bits per heavy atom. The van der Waals surface area contributed by atoms with Gasteiger partial charge in [0, 0.05) is 18.7 Å². The predicted molar refractivity (Wildman–Crippen MR) is 100 cm³/mol. The maximum Gasteiger partial charge on any atom is 0.326 e. The molecule has 0 rings (SSSR count). The Kier molecular flexibility index (Phi) is 13.9. The van der Waals surface area contributed by atoms with E-state index in [4.69, 9.17) is 10.8 Å². The van der Waals surface area contributed by atoms with Crippen molar-refractivity contribution in [2.45, 2.75) is 50.6 Å². The molecule has 0 radical (unpaired) electrons. The quantitative estimate of drug-likeness (QED) is 0.223. The molecule has 5 N–H and O–H groups in total. The molecule has 0 aromatic heterocycles. The molecule has 0 saturated heterocycles. The molecule has 0 aromatic rings. The van der Waals surface area contributed by atoms with Crippen LogP contribution in [0.2, 0.25) is 0 Å². The average molecular weight is 380 g/mol. The number of carboxylic acids is 1. The van der Waals surface area contributed by atoms with Crippen molar-refractivity contribution < 1.29 is 19.5 Å². The smallest absolute Gasteiger partial charge is 0.326 e. The summed E-state index contributed by atoms with van der Waals surface area (Å²) >= 11 is 5.51. The van der Waals surface area contributed by atoms with Gasteiger partial charge < -0.3 is 21.5 Å². The molecule has 7 nitrogen and oxygen atoms in total. The molecule has 0 aromatic carbocycles. The van der Waals surface area contributed by atoms with Gasteiger partial charge in [0.25, 0.3) is 0 Å². The summed E-state index contributed by atoms with van der Waals surface area (Å²) < 4.78 is 0. The molecule has 0 aliphatic rings. The second kappa shape index (κ2) is 14.4. The van der Waals surface area contributed by atoms with E-state index in [1.807, 2.05) is 6.26 Å². The van der Waals surface area contributed by atoms with Crippen LogP contribution in [-0.2, 0) is 14.4 Å². The lowest BCUT2D eigenvalue weighted by molar-refractivity contribution is -0.141. The number of unbranched alkanes of at least 4 members (excludes halogenated alkanes) is 3. The van der Waals surface area contributed by atoms with E-state index in [2.05, 4.69) is 23.3 Å². The third kappa shape index (κ3) is 11.6. The number of rotatable bonds is 14. The molecule has 9 heteroatoms. The molecule has 2 atom stereocenters. The van der Waals surface area contributed by atoms with Crippen LogP contribution >= 0.6 is 24.4 Å². The number of nitrogens with two attached hydrogens (primary N) is 1. The molecule has 0 heterocycles. The number of aliphatic carboxylic acids is 1. The standard InChI is InChI=1S/C15H29N3O4S2/c1-24-9-7-12(15(21)22)18-13(19)6-4-2-3-5-8-17-14(20)11(16)10-23/h11-12,23H,2-10,16H2,1H3,(H,17,20)(H,18,19)(H,21,22). The number of carboxylic acid groups (broad SMARTS) is 1. The number of hydrogen-bond donors (Lipinski definition) is 5. The Morgan fingerprint density at radius 2 is 1.88 bits per heavy atom. The fourth-order valence-electron chi connectivity index (χ4n) is 1.95. The lowest BCUT2D eigenvalue weighted by Crippen LogP contribution is -2.42. The number of carbonyl (C=O) groups is 3. The lowest BCUT2D eigenvalue weighted by atomic mass is 10.1. The van der Waals surface area contributed by atoms with E-state index < -0.39 is 18.1 Å². The van der Waals surface area contributed by atoms with Crippen molar-refractivity contribution in [2.75, 3.05) is 24.3 Å². The highest BCUT2D eigenvalue weighted by Crippen LogP contribution is 2.05. The van der Waals surface area contributed by atoms with Gasteiger partial charge in [-0.1, -0.05) is 12.8 Å². The van der Waals surface area contributed by atoms with Gasteiger partial charge in [-0.25, -0.2) is 4.79 Å². The average Bonchev–Trinajstić information content (AvgIpc) is 2.56. The molecule has 0 aliphatic heterocycles. The SMILES string of the molecule is CSCCC(NC(=O)CCCCCCNC(=O)C(N)CS)C(=O)O. The predicted octanol–water partition coefficient (Wildman–Crippen LogP) is 0.633. The molecule has 0 saturated carbocycles. The second-order valence-electron chi connectivity index (χ2n) is 5.48. The second-order valence-corrected chi connectivity index (χ2v) is 6.83. The molecule has 0 spiro atoms. The van der Waals surface area contributed by atoms with Crippen LogP contribution in [0.4, 0.5) is 0 Å². The van der Waals surface area contributed by atoms with E-state index >= 15 is 0 Å². The van der Waals surface area contributed by atoms with E-state index in [0.29, 0.717) is 37.3 Å². The van der Waals surface area contributed by atoms with E-state index in [1.165, 1.54) is 0 Å². The van der Waals surface area contributed by atoms with Gasteiger partial charge in [-0.15, -0.1) is 0 Å². The topological polar surface area (TPSA) is 122 Å². The first-order valence-corrected chi connectivity index (χ1v) is 10.1. The Hall–Kier alpha value is -0.930. The maximum atomic E-state index is 11.7. The van der Waals surface area contributed by atoms with E-state index in [9.17, 15) is 14.4 Å². The van der Waals surface area contributed by atoms with Gasteiger partial charge in [0.15, 0.2) is 0 Å². The van der Waals surface area contributed by atoms with Crippen molar-refractivity contribution in [2.24, 2.45) is 5.73 Å². The minimum atomic E-state index is -0.993. The molecule has 0 aliphatic carbocycles. The van der Waals surface area contributed by atoms with Gasteiger partial charge in [0.05, 0.1) is 6.04 Å². The van der Waals surface area contributed by atoms with Gasteiger partial charge in [0.1, 0.15) is 6.04 Å². The van der Waals surface area contributed by atoms with Crippen molar-refractivity contribution in [3.8, 4) is 0 Å². The van der Waals surface area contributed by atoms with Crippen LogP contribution in [0.1, 0.15) is 38.5 Å². The van der Waals surface area contributed by atoms with Gasteiger partial charge in [0.2, 0.25) is 11.8 Å². The number of amides is 2. The molecule has 24 heavy (non-hydrogen) atoms. The Labute approximate surface area is 153 Å². The third-order valence-corrected chi connectivity index (χ3v) is 4.44. The molecule has 0 fully saturated rings. The zero-order chi connectivity index (χ0) is 18.4.